The van der Waals surface area contributed by atoms with Gasteiger partial charge >= 0.3 is 0 Å². The first kappa shape index (κ1) is 17.8. The summed E-state index contributed by atoms with van der Waals surface area (Å²) in [4.78, 5) is 26.1. The highest BCUT2D eigenvalue weighted by Crippen LogP contribution is 2.22. The highest BCUT2D eigenvalue weighted by molar-refractivity contribution is 6.01. The highest BCUT2D eigenvalue weighted by Gasteiger charge is 2.13. The fourth-order valence-electron chi connectivity index (χ4n) is 3.25. The third-order valence-corrected chi connectivity index (χ3v) is 4.58. The summed E-state index contributed by atoms with van der Waals surface area (Å²) < 4.78 is 0. The predicted octanol–water partition coefficient (Wildman–Crippen LogP) is 2.74. The quantitative estimate of drug-likeness (QED) is 0.746. The minimum Gasteiger partial charge on any atom is -0.375 e. The maximum atomic E-state index is 12.2. The second kappa shape index (κ2) is 7.91. The molecule has 2 amide bonds. The molecule has 1 heterocycles. The molecule has 0 atom stereocenters. The molecule has 26 heavy (non-hydrogen) atoms. The van der Waals surface area contributed by atoms with E-state index in [1.165, 1.54) is 18.5 Å². The van der Waals surface area contributed by atoms with Gasteiger partial charge in [0, 0.05) is 30.2 Å². The molecule has 0 aromatic heterocycles. The minimum absolute atomic E-state index is 0.0532. The number of benzene rings is 2. The van der Waals surface area contributed by atoms with Crippen LogP contribution in [0.4, 0.5) is 17.1 Å². The van der Waals surface area contributed by atoms with E-state index < -0.39 is 5.91 Å². The largest absolute Gasteiger partial charge is 0.375 e. The van der Waals surface area contributed by atoms with E-state index in [1.807, 2.05) is 43.3 Å². The predicted molar refractivity (Wildman–Crippen MR) is 105 cm³/mol. The first-order chi connectivity index (χ1) is 12.5. The van der Waals surface area contributed by atoms with Gasteiger partial charge in [-0.3, -0.25) is 9.59 Å². The van der Waals surface area contributed by atoms with Gasteiger partial charge in [0.25, 0.3) is 5.91 Å². The molecule has 1 aliphatic rings. The Balaban J connectivity index is 1.58. The third-order valence-electron chi connectivity index (χ3n) is 4.58. The van der Waals surface area contributed by atoms with Crippen LogP contribution < -0.4 is 21.3 Å². The number of nitrogens with zero attached hydrogens (tertiary/aromatic N) is 1. The summed E-state index contributed by atoms with van der Waals surface area (Å²) in [6.45, 7) is 4.05. The van der Waals surface area contributed by atoms with Crippen molar-refractivity contribution in [2.75, 3.05) is 35.2 Å². The molecule has 136 valence electrons. The van der Waals surface area contributed by atoms with E-state index in [4.69, 9.17) is 5.73 Å². The van der Waals surface area contributed by atoms with Crippen LogP contribution in [0.2, 0.25) is 0 Å². The summed E-state index contributed by atoms with van der Waals surface area (Å²) >= 11 is 0. The molecule has 0 saturated carbocycles. The average molecular weight is 352 g/mol. The van der Waals surface area contributed by atoms with Gasteiger partial charge in [0.1, 0.15) is 0 Å². The van der Waals surface area contributed by atoms with Gasteiger partial charge < -0.3 is 21.3 Å². The van der Waals surface area contributed by atoms with Crippen molar-refractivity contribution in [2.24, 2.45) is 5.73 Å². The zero-order chi connectivity index (χ0) is 18.5. The van der Waals surface area contributed by atoms with E-state index >= 15 is 0 Å². The van der Waals surface area contributed by atoms with Gasteiger partial charge in [-0.25, -0.2) is 0 Å². The van der Waals surface area contributed by atoms with Crippen molar-refractivity contribution in [3.63, 3.8) is 0 Å². The van der Waals surface area contributed by atoms with E-state index in [0.717, 1.165) is 24.3 Å². The van der Waals surface area contributed by atoms with Crippen molar-refractivity contribution in [3.05, 3.63) is 53.6 Å². The average Bonchev–Trinajstić information content (AvgIpc) is 3.15. The standard InChI is InChI=1S/C20H24N4O2/c1-14-5-4-6-17(19(14)20(21)26)22-13-18(25)23-15-7-9-16(10-8-15)24-11-2-3-12-24/h4-10,22H,2-3,11-13H2,1H3,(H2,21,26)(H,23,25). The molecule has 1 aliphatic heterocycles. The fraction of sp³-hybridized carbons (Fsp3) is 0.300. The molecular formula is C20H24N4O2. The van der Waals surface area contributed by atoms with E-state index in [0.29, 0.717) is 11.3 Å². The Morgan fingerprint density at radius 3 is 2.42 bits per heavy atom. The number of carbonyl (C=O) groups is 2. The summed E-state index contributed by atoms with van der Waals surface area (Å²) in [5, 5.41) is 5.85. The first-order valence-corrected chi connectivity index (χ1v) is 8.83. The third kappa shape index (κ3) is 4.14. The Hall–Kier alpha value is -3.02. The summed E-state index contributed by atoms with van der Waals surface area (Å²) in [7, 11) is 0. The molecule has 2 aromatic carbocycles. The van der Waals surface area contributed by atoms with Crippen LogP contribution in [-0.2, 0) is 4.79 Å². The summed E-state index contributed by atoms with van der Waals surface area (Å²) in [6.07, 6.45) is 2.47. The second-order valence-electron chi connectivity index (χ2n) is 6.50. The molecular weight excluding hydrogens is 328 g/mol. The van der Waals surface area contributed by atoms with E-state index in [2.05, 4.69) is 15.5 Å². The molecule has 0 unspecified atom stereocenters. The fourth-order valence-corrected chi connectivity index (χ4v) is 3.25. The molecule has 1 fully saturated rings. The lowest BCUT2D eigenvalue weighted by atomic mass is 10.1. The van der Waals surface area contributed by atoms with Crippen LogP contribution in [0.25, 0.3) is 0 Å². The highest BCUT2D eigenvalue weighted by atomic mass is 16.2. The number of rotatable bonds is 6. The van der Waals surface area contributed by atoms with Crippen molar-refractivity contribution in [1.82, 2.24) is 0 Å². The molecule has 0 aliphatic carbocycles. The number of aryl methyl sites for hydroxylation is 1. The number of nitrogens with two attached hydrogens (primary N) is 1. The second-order valence-corrected chi connectivity index (χ2v) is 6.50. The normalized spacial score (nSPS) is 13.5. The molecule has 4 N–H and O–H groups in total. The smallest absolute Gasteiger partial charge is 0.251 e. The number of hydrogen-bond acceptors (Lipinski definition) is 4. The van der Waals surface area contributed by atoms with Crippen LogP contribution in [0.15, 0.2) is 42.5 Å². The van der Waals surface area contributed by atoms with Gasteiger partial charge in [-0.05, 0) is 55.7 Å². The lowest BCUT2D eigenvalue weighted by Gasteiger charge is -2.18. The number of amides is 2. The van der Waals surface area contributed by atoms with E-state index in [-0.39, 0.29) is 12.5 Å². The topological polar surface area (TPSA) is 87.5 Å². The maximum Gasteiger partial charge on any atom is 0.251 e. The first-order valence-electron chi connectivity index (χ1n) is 8.83. The van der Waals surface area contributed by atoms with E-state index in [9.17, 15) is 9.59 Å². The molecule has 1 saturated heterocycles. The molecule has 0 radical (unpaired) electrons. The Kier molecular flexibility index (Phi) is 5.41. The number of carbonyl (C=O) groups excluding carboxylic acids is 2. The number of anilines is 3. The summed E-state index contributed by atoms with van der Waals surface area (Å²) in [5.74, 6) is -0.695. The van der Waals surface area contributed by atoms with Crippen LogP contribution in [0.5, 0.6) is 0 Å². The van der Waals surface area contributed by atoms with Crippen LogP contribution in [-0.4, -0.2) is 31.4 Å². The van der Waals surface area contributed by atoms with Crippen LogP contribution in [0.3, 0.4) is 0 Å². The van der Waals surface area contributed by atoms with Gasteiger partial charge in [-0.1, -0.05) is 12.1 Å². The van der Waals surface area contributed by atoms with Gasteiger partial charge in [0.05, 0.1) is 12.1 Å². The van der Waals surface area contributed by atoms with Crippen molar-refractivity contribution in [3.8, 4) is 0 Å². The minimum atomic E-state index is -0.511. The van der Waals surface area contributed by atoms with Gasteiger partial charge in [-0.15, -0.1) is 0 Å². The van der Waals surface area contributed by atoms with Crippen molar-refractivity contribution in [1.29, 1.82) is 0 Å². The molecule has 2 aromatic rings. The van der Waals surface area contributed by atoms with Crippen LogP contribution in [0, 0.1) is 6.92 Å². The Morgan fingerprint density at radius 2 is 1.77 bits per heavy atom. The van der Waals surface area contributed by atoms with Crippen molar-refractivity contribution < 1.29 is 9.59 Å². The molecule has 6 nitrogen and oxygen atoms in total. The number of nitrogens with one attached hydrogen (secondary N) is 2. The zero-order valence-electron chi connectivity index (χ0n) is 14.9. The Labute approximate surface area is 153 Å². The molecule has 0 bridgehead atoms. The Bertz CT molecular complexity index is 796. The summed E-state index contributed by atoms with van der Waals surface area (Å²) in [6, 6.07) is 13.2. The van der Waals surface area contributed by atoms with Crippen LogP contribution in [0.1, 0.15) is 28.8 Å². The molecule has 3 rings (SSSR count). The monoisotopic (exact) mass is 352 g/mol. The number of primary amides is 1. The van der Waals surface area contributed by atoms with Crippen LogP contribution >= 0.6 is 0 Å². The van der Waals surface area contributed by atoms with Crippen molar-refractivity contribution >= 4 is 28.9 Å². The maximum absolute atomic E-state index is 12.2. The molecule has 6 heteroatoms. The SMILES string of the molecule is Cc1cccc(NCC(=O)Nc2ccc(N3CCCC3)cc2)c1C(N)=O. The number of hydrogen-bond donors (Lipinski definition) is 3. The van der Waals surface area contributed by atoms with E-state index in [1.54, 1.807) is 6.07 Å². The Morgan fingerprint density at radius 1 is 1.08 bits per heavy atom. The van der Waals surface area contributed by atoms with Crippen molar-refractivity contribution in [2.45, 2.75) is 19.8 Å². The zero-order valence-corrected chi connectivity index (χ0v) is 14.9. The molecule has 0 spiro atoms. The lowest BCUT2D eigenvalue weighted by Crippen LogP contribution is -2.24. The lowest BCUT2D eigenvalue weighted by molar-refractivity contribution is -0.114. The van der Waals surface area contributed by atoms with Gasteiger partial charge in [-0.2, -0.15) is 0 Å². The summed E-state index contributed by atoms with van der Waals surface area (Å²) in [5.41, 5.74) is 9.12. The van der Waals surface area contributed by atoms with Gasteiger partial charge in [0.2, 0.25) is 5.91 Å². The van der Waals surface area contributed by atoms with Gasteiger partial charge in [0.15, 0.2) is 0 Å².